The second kappa shape index (κ2) is 6.15. The van der Waals surface area contributed by atoms with Gasteiger partial charge in [0.25, 0.3) is 0 Å². The standard InChI is InChI=1S/C13H20O4/c14-10-7-11-5-3-1-2-4-6-16-13(15)9-12(8-10)17-11/h11-12H,1-9H2/t11-,12-/m1/s1. The van der Waals surface area contributed by atoms with E-state index in [0.717, 1.165) is 32.1 Å². The maximum Gasteiger partial charge on any atom is 0.308 e. The zero-order chi connectivity index (χ0) is 12.1. The Balaban J connectivity index is 1.94. The second-order valence-electron chi connectivity index (χ2n) is 4.95. The average Bonchev–Trinajstić information content (AvgIpc) is 2.25. The molecule has 2 rings (SSSR count). The van der Waals surface area contributed by atoms with Gasteiger partial charge in [0, 0.05) is 12.8 Å². The van der Waals surface area contributed by atoms with E-state index in [1.165, 1.54) is 0 Å². The summed E-state index contributed by atoms with van der Waals surface area (Å²) in [6, 6.07) is 0. The number of hydrogen-bond donors (Lipinski definition) is 0. The van der Waals surface area contributed by atoms with Crippen LogP contribution in [0.5, 0.6) is 0 Å². The normalized spacial score (nSPS) is 32.2. The Hall–Kier alpha value is -0.900. The van der Waals surface area contributed by atoms with Crippen LogP contribution < -0.4 is 0 Å². The molecule has 0 unspecified atom stereocenters. The number of carbonyl (C=O) groups is 2. The molecule has 0 spiro atoms. The summed E-state index contributed by atoms with van der Waals surface area (Å²) < 4.78 is 10.9. The minimum atomic E-state index is -0.256. The van der Waals surface area contributed by atoms with Crippen LogP contribution in [0.25, 0.3) is 0 Å². The van der Waals surface area contributed by atoms with E-state index in [1.54, 1.807) is 0 Å². The molecule has 96 valence electrons. The van der Waals surface area contributed by atoms with Gasteiger partial charge in [-0.05, 0) is 12.8 Å². The summed E-state index contributed by atoms with van der Waals surface area (Å²) >= 11 is 0. The van der Waals surface area contributed by atoms with Gasteiger partial charge in [-0.3, -0.25) is 9.59 Å². The lowest BCUT2D eigenvalue weighted by atomic mass is 9.97. The molecule has 2 fully saturated rings. The number of ether oxygens (including phenoxy) is 2. The molecule has 2 saturated heterocycles. The summed E-state index contributed by atoms with van der Waals surface area (Å²) in [5.74, 6) is -0.0138. The summed E-state index contributed by atoms with van der Waals surface area (Å²) in [6.07, 6.45) is 6.06. The topological polar surface area (TPSA) is 52.6 Å². The van der Waals surface area contributed by atoms with E-state index in [0.29, 0.717) is 19.4 Å². The number of esters is 1. The Kier molecular flexibility index (Phi) is 4.54. The van der Waals surface area contributed by atoms with Crippen molar-refractivity contribution in [1.82, 2.24) is 0 Å². The largest absolute Gasteiger partial charge is 0.466 e. The minimum absolute atomic E-state index is 0.0217. The maximum absolute atomic E-state index is 11.6. The molecule has 0 amide bonds. The lowest BCUT2D eigenvalue weighted by Crippen LogP contribution is -2.35. The van der Waals surface area contributed by atoms with Crippen LogP contribution in [0.2, 0.25) is 0 Å². The SMILES string of the molecule is O=C1C[C@H]2CCCCCCOC(=O)C[C@@H](C1)O2. The van der Waals surface area contributed by atoms with Crippen LogP contribution in [0.4, 0.5) is 0 Å². The third-order valence-corrected chi connectivity index (χ3v) is 3.37. The molecule has 2 heterocycles. The summed E-state index contributed by atoms with van der Waals surface area (Å²) in [4.78, 5) is 23.1. The number of hydrogen-bond acceptors (Lipinski definition) is 4. The Bertz CT molecular complexity index is 287. The number of cyclic esters (lactones) is 1. The van der Waals surface area contributed by atoms with Crippen molar-refractivity contribution in [3.05, 3.63) is 0 Å². The van der Waals surface area contributed by atoms with Gasteiger partial charge in [0.2, 0.25) is 0 Å². The van der Waals surface area contributed by atoms with E-state index in [9.17, 15) is 9.59 Å². The predicted molar refractivity (Wildman–Crippen MR) is 61.6 cm³/mol. The number of fused-ring (bicyclic) bond motifs is 2. The van der Waals surface area contributed by atoms with Crippen molar-refractivity contribution in [1.29, 1.82) is 0 Å². The molecule has 17 heavy (non-hydrogen) atoms. The van der Waals surface area contributed by atoms with Crippen molar-refractivity contribution in [2.24, 2.45) is 0 Å². The molecule has 4 nitrogen and oxygen atoms in total. The molecular weight excluding hydrogens is 220 g/mol. The Morgan fingerprint density at radius 3 is 2.53 bits per heavy atom. The van der Waals surface area contributed by atoms with Crippen molar-refractivity contribution >= 4 is 11.8 Å². The van der Waals surface area contributed by atoms with Gasteiger partial charge in [-0.1, -0.05) is 19.3 Å². The molecule has 2 bridgehead atoms. The van der Waals surface area contributed by atoms with E-state index >= 15 is 0 Å². The Morgan fingerprint density at radius 1 is 0.882 bits per heavy atom. The number of rotatable bonds is 0. The summed E-state index contributed by atoms with van der Waals surface area (Å²) in [5.41, 5.74) is 0. The highest BCUT2D eigenvalue weighted by atomic mass is 16.5. The van der Waals surface area contributed by atoms with E-state index in [-0.39, 0.29) is 30.4 Å². The maximum atomic E-state index is 11.6. The van der Waals surface area contributed by atoms with Gasteiger partial charge >= 0.3 is 5.97 Å². The van der Waals surface area contributed by atoms with Crippen LogP contribution in [-0.2, 0) is 19.1 Å². The first kappa shape index (κ1) is 12.6. The molecule has 0 saturated carbocycles. The van der Waals surface area contributed by atoms with Gasteiger partial charge < -0.3 is 9.47 Å². The third-order valence-electron chi connectivity index (χ3n) is 3.37. The minimum Gasteiger partial charge on any atom is -0.466 e. The zero-order valence-electron chi connectivity index (χ0n) is 10.2. The lowest BCUT2D eigenvalue weighted by molar-refractivity contribution is -0.152. The first-order chi connectivity index (χ1) is 8.24. The van der Waals surface area contributed by atoms with Crippen LogP contribution in [0.1, 0.15) is 51.4 Å². The van der Waals surface area contributed by atoms with E-state index in [4.69, 9.17) is 9.47 Å². The van der Waals surface area contributed by atoms with Gasteiger partial charge in [0.1, 0.15) is 5.78 Å². The van der Waals surface area contributed by atoms with E-state index in [2.05, 4.69) is 0 Å². The molecule has 0 aromatic heterocycles. The van der Waals surface area contributed by atoms with Crippen LogP contribution in [0.3, 0.4) is 0 Å². The summed E-state index contributed by atoms with van der Waals surface area (Å²) in [7, 11) is 0. The first-order valence-electron chi connectivity index (χ1n) is 6.57. The second-order valence-corrected chi connectivity index (χ2v) is 4.95. The van der Waals surface area contributed by atoms with Gasteiger partial charge in [0.15, 0.2) is 0 Å². The van der Waals surface area contributed by atoms with Crippen LogP contribution >= 0.6 is 0 Å². The first-order valence-corrected chi connectivity index (χ1v) is 6.57. The molecule has 0 aliphatic carbocycles. The van der Waals surface area contributed by atoms with Gasteiger partial charge in [0.05, 0.1) is 25.2 Å². The summed E-state index contributed by atoms with van der Waals surface area (Å²) in [5, 5.41) is 0. The summed E-state index contributed by atoms with van der Waals surface area (Å²) in [6.45, 7) is 0.503. The van der Waals surface area contributed by atoms with Crippen molar-refractivity contribution in [2.45, 2.75) is 63.6 Å². The van der Waals surface area contributed by atoms with E-state index in [1.807, 2.05) is 0 Å². The average molecular weight is 240 g/mol. The molecule has 0 radical (unpaired) electrons. The fourth-order valence-corrected chi connectivity index (χ4v) is 2.51. The quantitative estimate of drug-likeness (QED) is 0.608. The molecule has 0 N–H and O–H groups in total. The third kappa shape index (κ3) is 4.11. The molecule has 2 aliphatic rings. The van der Waals surface area contributed by atoms with Crippen LogP contribution in [-0.4, -0.2) is 30.6 Å². The highest BCUT2D eigenvalue weighted by Gasteiger charge is 2.29. The molecule has 2 aliphatic heterocycles. The van der Waals surface area contributed by atoms with Crippen molar-refractivity contribution < 1.29 is 19.1 Å². The highest BCUT2D eigenvalue weighted by molar-refractivity contribution is 5.81. The van der Waals surface area contributed by atoms with Gasteiger partial charge in [-0.25, -0.2) is 0 Å². The van der Waals surface area contributed by atoms with Crippen molar-refractivity contribution in [3.63, 3.8) is 0 Å². The lowest BCUT2D eigenvalue weighted by Gasteiger charge is -2.29. The Labute approximate surface area is 102 Å². The van der Waals surface area contributed by atoms with E-state index < -0.39 is 0 Å². The zero-order valence-corrected chi connectivity index (χ0v) is 10.2. The molecule has 0 aromatic rings. The molecule has 0 aromatic carbocycles. The highest BCUT2D eigenvalue weighted by Crippen LogP contribution is 2.23. The van der Waals surface area contributed by atoms with Crippen molar-refractivity contribution in [2.75, 3.05) is 6.61 Å². The molecule has 4 heteroatoms. The number of ketones is 1. The van der Waals surface area contributed by atoms with Crippen LogP contribution in [0.15, 0.2) is 0 Å². The fourth-order valence-electron chi connectivity index (χ4n) is 2.51. The number of Topliss-reactive ketones (excluding diaryl/α,β-unsaturated/α-hetero) is 1. The van der Waals surface area contributed by atoms with Crippen LogP contribution in [0, 0.1) is 0 Å². The molecular formula is C13H20O4. The Morgan fingerprint density at radius 2 is 1.65 bits per heavy atom. The van der Waals surface area contributed by atoms with Crippen molar-refractivity contribution in [3.8, 4) is 0 Å². The smallest absolute Gasteiger partial charge is 0.308 e. The van der Waals surface area contributed by atoms with Gasteiger partial charge in [-0.15, -0.1) is 0 Å². The van der Waals surface area contributed by atoms with Gasteiger partial charge in [-0.2, -0.15) is 0 Å². The molecule has 2 atom stereocenters. The fraction of sp³-hybridized carbons (Fsp3) is 0.846. The predicted octanol–water partition coefficient (Wildman–Crippen LogP) is 2.00. The number of carbonyl (C=O) groups excluding carboxylic acids is 2. The monoisotopic (exact) mass is 240 g/mol.